The quantitative estimate of drug-likeness (QED) is 0.814. The molecule has 4 heteroatoms. The van der Waals surface area contributed by atoms with Crippen LogP contribution in [0.4, 0.5) is 8.78 Å². The third kappa shape index (κ3) is 3.19. The van der Waals surface area contributed by atoms with Crippen LogP contribution in [0.3, 0.4) is 0 Å². The van der Waals surface area contributed by atoms with Gasteiger partial charge in [0.25, 0.3) is 0 Å². The first-order valence-electron chi connectivity index (χ1n) is 6.40. The topological polar surface area (TPSA) is 32.3 Å². The summed E-state index contributed by atoms with van der Waals surface area (Å²) in [7, 11) is 0. The van der Waals surface area contributed by atoms with Crippen molar-refractivity contribution in [3.8, 4) is 5.75 Å². The van der Waals surface area contributed by atoms with Gasteiger partial charge in [-0.1, -0.05) is 20.8 Å². The zero-order chi connectivity index (χ0) is 13.8. The van der Waals surface area contributed by atoms with E-state index in [1.807, 2.05) is 0 Å². The van der Waals surface area contributed by atoms with Crippen LogP contribution < -0.4 is 5.32 Å². The molecule has 0 aliphatic rings. The van der Waals surface area contributed by atoms with Crippen LogP contribution in [-0.2, 0) is 6.54 Å². The predicted octanol–water partition coefficient (Wildman–Crippen LogP) is 3.73. The highest BCUT2D eigenvalue weighted by Crippen LogP contribution is 2.23. The summed E-state index contributed by atoms with van der Waals surface area (Å²) in [5, 5.41) is 12.4. The molecule has 0 aliphatic heterocycles. The smallest absolute Gasteiger partial charge is 0.187 e. The molecular weight excluding hydrogens is 236 g/mol. The Kier molecular flexibility index (Phi) is 5.08. The van der Waals surface area contributed by atoms with E-state index in [2.05, 4.69) is 26.1 Å². The maximum Gasteiger partial charge on any atom is 0.187 e. The summed E-state index contributed by atoms with van der Waals surface area (Å²) in [6, 6.07) is 2.33. The SMILES string of the molecule is CCC(CC)(CC)NCc1cc(F)c(O)c(F)c1. The molecule has 0 saturated carbocycles. The molecule has 0 atom stereocenters. The molecule has 1 aromatic carbocycles. The van der Waals surface area contributed by atoms with Crippen molar-refractivity contribution in [1.82, 2.24) is 5.32 Å². The number of benzene rings is 1. The van der Waals surface area contributed by atoms with Crippen molar-refractivity contribution in [3.05, 3.63) is 29.3 Å². The van der Waals surface area contributed by atoms with E-state index in [4.69, 9.17) is 5.11 Å². The first kappa shape index (κ1) is 14.9. The Morgan fingerprint density at radius 3 is 1.89 bits per heavy atom. The molecule has 2 nitrogen and oxygen atoms in total. The lowest BCUT2D eigenvalue weighted by atomic mass is 9.89. The number of nitrogens with one attached hydrogen (secondary N) is 1. The summed E-state index contributed by atoms with van der Waals surface area (Å²) in [5.74, 6) is -2.74. The molecule has 102 valence electrons. The number of phenolic OH excluding ortho intramolecular Hbond substituents is 1. The van der Waals surface area contributed by atoms with E-state index < -0.39 is 17.4 Å². The minimum atomic E-state index is -0.915. The number of aromatic hydroxyl groups is 1. The maximum atomic E-state index is 13.2. The second-order valence-corrected chi connectivity index (χ2v) is 4.60. The molecule has 1 rings (SSSR count). The predicted molar refractivity (Wildman–Crippen MR) is 68.5 cm³/mol. The third-order valence-corrected chi connectivity index (χ3v) is 3.77. The standard InChI is InChI=1S/C14H21F2NO/c1-4-14(5-2,6-3)17-9-10-7-11(15)13(18)12(16)8-10/h7-8,17-18H,4-6,9H2,1-3H3. The molecule has 0 bridgehead atoms. The zero-order valence-electron chi connectivity index (χ0n) is 11.2. The van der Waals surface area contributed by atoms with Crippen molar-refractivity contribution < 1.29 is 13.9 Å². The molecule has 0 amide bonds. The van der Waals surface area contributed by atoms with Crippen LogP contribution in [-0.4, -0.2) is 10.6 Å². The van der Waals surface area contributed by atoms with Crippen LogP contribution >= 0.6 is 0 Å². The summed E-state index contributed by atoms with van der Waals surface area (Å²) < 4.78 is 26.4. The number of halogens is 2. The molecule has 0 heterocycles. The summed E-state index contributed by atoms with van der Waals surface area (Å²) in [6.45, 7) is 6.68. The van der Waals surface area contributed by atoms with Crippen LogP contribution in [0.25, 0.3) is 0 Å². The Bertz CT molecular complexity index is 372. The first-order chi connectivity index (χ1) is 8.48. The Morgan fingerprint density at radius 2 is 1.50 bits per heavy atom. The first-order valence-corrected chi connectivity index (χ1v) is 6.40. The largest absolute Gasteiger partial charge is 0.503 e. The number of hydrogen-bond donors (Lipinski definition) is 2. The van der Waals surface area contributed by atoms with E-state index in [0.29, 0.717) is 12.1 Å². The second-order valence-electron chi connectivity index (χ2n) is 4.60. The minimum Gasteiger partial charge on any atom is -0.503 e. The molecular formula is C14H21F2NO. The summed E-state index contributed by atoms with van der Waals surface area (Å²) in [5.41, 5.74) is 0.507. The normalized spacial score (nSPS) is 11.8. The molecule has 0 fully saturated rings. The van der Waals surface area contributed by atoms with Crippen molar-refractivity contribution in [3.63, 3.8) is 0 Å². The highest BCUT2D eigenvalue weighted by Gasteiger charge is 2.23. The highest BCUT2D eigenvalue weighted by atomic mass is 19.1. The van der Waals surface area contributed by atoms with Gasteiger partial charge in [-0.05, 0) is 37.0 Å². The fraction of sp³-hybridized carbons (Fsp3) is 0.571. The maximum absolute atomic E-state index is 13.2. The van der Waals surface area contributed by atoms with Crippen molar-refractivity contribution in [2.75, 3.05) is 0 Å². The van der Waals surface area contributed by atoms with E-state index in [1.54, 1.807) is 0 Å². The van der Waals surface area contributed by atoms with E-state index >= 15 is 0 Å². The van der Waals surface area contributed by atoms with Gasteiger partial charge in [0.2, 0.25) is 0 Å². The lowest BCUT2D eigenvalue weighted by Crippen LogP contribution is -2.43. The summed E-state index contributed by atoms with van der Waals surface area (Å²) in [4.78, 5) is 0. The van der Waals surface area contributed by atoms with Gasteiger partial charge in [0.15, 0.2) is 17.4 Å². The van der Waals surface area contributed by atoms with Crippen molar-refractivity contribution in [1.29, 1.82) is 0 Å². The van der Waals surface area contributed by atoms with Crippen LogP contribution in [0.15, 0.2) is 12.1 Å². The van der Waals surface area contributed by atoms with E-state index in [9.17, 15) is 8.78 Å². The van der Waals surface area contributed by atoms with Crippen LogP contribution in [0.2, 0.25) is 0 Å². The van der Waals surface area contributed by atoms with Gasteiger partial charge >= 0.3 is 0 Å². The average Bonchev–Trinajstić information content (AvgIpc) is 2.38. The highest BCUT2D eigenvalue weighted by molar-refractivity contribution is 5.30. The lowest BCUT2D eigenvalue weighted by Gasteiger charge is -2.32. The fourth-order valence-electron chi connectivity index (χ4n) is 2.13. The van der Waals surface area contributed by atoms with Gasteiger partial charge in [0, 0.05) is 12.1 Å². The van der Waals surface area contributed by atoms with Gasteiger partial charge in [0.05, 0.1) is 0 Å². The molecule has 1 aromatic rings. The van der Waals surface area contributed by atoms with Crippen LogP contribution in [0.5, 0.6) is 5.75 Å². The summed E-state index contributed by atoms with van der Waals surface area (Å²) in [6.07, 6.45) is 2.88. The molecule has 0 radical (unpaired) electrons. The van der Waals surface area contributed by atoms with Crippen LogP contribution in [0, 0.1) is 11.6 Å². The zero-order valence-corrected chi connectivity index (χ0v) is 11.2. The number of rotatable bonds is 6. The van der Waals surface area contributed by atoms with Gasteiger partial charge in [-0.2, -0.15) is 0 Å². The van der Waals surface area contributed by atoms with E-state index in [-0.39, 0.29) is 5.54 Å². The third-order valence-electron chi connectivity index (χ3n) is 3.77. The monoisotopic (exact) mass is 257 g/mol. The van der Waals surface area contributed by atoms with E-state index in [0.717, 1.165) is 31.4 Å². The average molecular weight is 257 g/mol. The van der Waals surface area contributed by atoms with Gasteiger partial charge < -0.3 is 10.4 Å². The van der Waals surface area contributed by atoms with Crippen LogP contribution in [0.1, 0.15) is 45.6 Å². The number of hydrogen-bond acceptors (Lipinski definition) is 2. The Hall–Kier alpha value is -1.16. The second kappa shape index (κ2) is 6.14. The molecule has 0 aliphatic carbocycles. The lowest BCUT2D eigenvalue weighted by molar-refractivity contribution is 0.287. The minimum absolute atomic E-state index is 0.00480. The fourth-order valence-corrected chi connectivity index (χ4v) is 2.13. The van der Waals surface area contributed by atoms with Gasteiger partial charge in [-0.3, -0.25) is 0 Å². The Balaban J connectivity index is 2.80. The molecule has 0 unspecified atom stereocenters. The van der Waals surface area contributed by atoms with Crippen molar-refractivity contribution in [2.24, 2.45) is 0 Å². The molecule has 0 aromatic heterocycles. The molecule has 2 N–H and O–H groups in total. The van der Waals surface area contributed by atoms with Gasteiger partial charge in [-0.25, -0.2) is 8.78 Å². The Morgan fingerprint density at radius 1 is 1.06 bits per heavy atom. The van der Waals surface area contributed by atoms with Gasteiger partial charge in [-0.15, -0.1) is 0 Å². The van der Waals surface area contributed by atoms with Crippen molar-refractivity contribution in [2.45, 2.75) is 52.1 Å². The number of phenols is 1. The Labute approximate surface area is 107 Å². The van der Waals surface area contributed by atoms with Gasteiger partial charge in [0.1, 0.15) is 0 Å². The molecule has 0 spiro atoms. The summed E-state index contributed by atoms with van der Waals surface area (Å²) >= 11 is 0. The molecule has 18 heavy (non-hydrogen) atoms. The molecule has 0 saturated heterocycles. The van der Waals surface area contributed by atoms with E-state index in [1.165, 1.54) is 0 Å². The van der Waals surface area contributed by atoms with Crippen molar-refractivity contribution >= 4 is 0 Å².